The van der Waals surface area contributed by atoms with Crippen LogP contribution < -0.4 is 10.3 Å². The van der Waals surface area contributed by atoms with Crippen LogP contribution in [0.3, 0.4) is 0 Å². The fourth-order valence-electron chi connectivity index (χ4n) is 5.07. The molecule has 3 heterocycles. The Morgan fingerprint density at radius 1 is 1.16 bits per heavy atom. The van der Waals surface area contributed by atoms with Crippen LogP contribution >= 0.6 is 15.9 Å². The van der Waals surface area contributed by atoms with Gasteiger partial charge in [0.2, 0.25) is 5.95 Å². The van der Waals surface area contributed by atoms with Gasteiger partial charge >= 0.3 is 6.18 Å². The maximum atomic E-state index is 14.1. The zero-order valence-electron chi connectivity index (χ0n) is 23.8. The highest BCUT2D eigenvalue weighted by molar-refractivity contribution is 9.10. The zero-order chi connectivity index (χ0) is 31.2. The van der Waals surface area contributed by atoms with E-state index in [4.69, 9.17) is 9.72 Å². The number of ether oxygens (including phenoxy) is 1. The number of hydrogen-bond acceptors (Lipinski definition) is 6. The molecular weight excluding hydrogens is 631 g/mol. The van der Waals surface area contributed by atoms with Crippen molar-refractivity contribution in [3.63, 3.8) is 0 Å². The smallest absolute Gasteiger partial charge is 0.417 e. The first-order chi connectivity index (χ1) is 20.2. The monoisotopic (exact) mass is 659 g/mol. The van der Waals surface area contributed by atoms with Crippen molar-refractivity contribution in [1.29, 1.82) is 0 Å². The molecule has 1 amide bonds. The molecule has 1 aliphatic heterocycles. The van der Waals surface area contributed by atoms with Gasteiger partial charge in [-0.05, 0) is 82.6 Å². The number of aliphatic hydroxyl groups excluding tert-OH is 1. The number of aromatic nitrogens is 4. The van der Waals surface area contributed by atoms with E-state index < -0.39 is 29.8 Å². The van der Waals surface area contributed by atoms with Crippen molar-refractivity contribution in [3.8, 4) is 17.4 Å². The molecular formula is C30H29BrF3N5O4. The average molecular weight is 660 g/mol. The summed E-state index contributed by atoms with van der Waals surface area (Å²) in [7, 11) is 0. The fraction of sp³-hybridized carbons (Fsp3) is 0.333. The molecule has 4 aromatic rings. The Morgan fingerprint density at radius 3 is 2.47 bits per heavy atom. The number of fused-ring (bicyclic) bond motifs is 1. The first-order valence-corrected chi connectivity index (χ1v) is 14.3. The maximum absolute atomic E-state index is 14.1. The molecule has 2 atom stereocenters. The molecule has 0 saturated carbocycles. The van der Waals surface area contributed by atoms with Gasteiger partial charge in [-0.25, -0.2) is 14.2 Å². The number of aryl methyl sites for hydroxylation is 2. The van der Waals surface area contributed by atoms with Gasteiger partial charge in [0, 0.05) is 27.3 Å². The van der Waals surface area contributed by atoms with Gasteiger partial charge in [0.05, 0.1) is 35.3 Å². The maximum Gasteiger partial charge on any atom is 0.417 e. The molecule has 43 heavy (non-hydrogen) atoms. The summed E-state index contributed by atoms with van der Waals surface area (Å²) < 4.78 is 49.0. The number of carbonyl (C=O) groups is 1. The number of carbonyl (C=O) groups excluding carboxylic acids is 1. The second-order valence-corrected chi connectivity index (χ2v) is 11.5. The molecule has 2 aromatic heterocycles. The van der Waals surface area contributed by atoms with Gasteiger partial charge in [-0.2, -0.15) is 18.3 Å². The minimum atomic E-state index is -4.64. The molecule has 2 aromatic carbocycles. The van der Waals surface area contributed by atoms with E-state index in [2.05, 4.69) is 21.0 Å². The SMILES string of the molecule is Cc1cc(C)n(-c2nc3c(c(=O)n2-c2ccc(OCC(C)O)cc2)C[C@@H](C)N(C(=O)c2ccc(Br)c(C(F)(F)F)c2)C3)n1. The van der Waals surface area contributed by atoms with Gasteiger partial charge in [-0.1, -0.05) is 15.9 Å². The van der Waals surface area contributed by atoms with Gasteiger partial charge < -0.3 is 14.7 Å². The van der Waals surface area contributed by atoms with Crippen molar-refractivity contribution in [2.24, 2.45) is 0 Å². The summed E-state index contributed by atoms with van der Waals surface area (Å²) in [5.74, 6) is 0.125. The van der Waals surface area contributed by atoms with Gasteiger partial charge in [-0.3, -0.25) is 9.59 Å². The molecule has 0 bridgehead atoms. The summed E-state index contributed by atoms with van der Waals surface area (Å²) >= 11 is 2.92. The lowest BCUT2D eigenvalue weighted by Crippen LogP contribution is -2.46. The predicted molar refractivity (Wildman–Crippen MR) is 156 cm³/mol. The average Bonchev–Trinajstić information content (AvgIpc) is 3.28. The number of aliphatic hydroxyl groups is 1. The molecule has 9 nitrogen and oxygen atoms in total. The van der Waals surface area contributed by atoms with E-state index in [0.29, 0.717) is 28.4 Å². The van der Waals surface area contributed by atoms with Crippen molar-refractivity contribution in [1.82, 2.24) is 24.2 Å². The van der Waals surface area contributed by atoms with Crippen molar-refractivity contribution in [3.05, 3.63) is 97.1 Å². The standard InChI is InChI=1S/C30H29BrF3N5O4/c1-16-11-18(3)39(36-16)29-35-26-14-37(27(41)20-5-10-25(31)24(13-20)30(32,33)34)17(2)12-23(26)28(42)38(29)21-6-8-22(9-7-21)43-15-19(4)40/h5-11,13,17,19,40H,12,14-15H2,1-4H3/t17-,19?/m1/s1. The summed E-state index contributed by atoms with van der Waals surface area (Å²) in [5, 5.41) is 14.1. The Morgan fingerprint density at radius 2 is 1.86 bits per heavy atom. The van der Waals surface area contributed by atoms with Crippen LogP contribution in [0.25, 0.3) is 11.6 Å². The topological polar surface area (TPSA) is 102 Å². The van der Waals surface area contributed by atoms with Crippen molar-refractivity contribution in [2.75, 3.05) is 6.61 Å². The van der Waals surface area contributed by atoms with Gasteiger partial charge in [0.15, 0.2) is 0 Å². The minimum absolute atomic E-state index is 0.0682. The lowest BCUT2D eigenvalue weighted by Gasteiger charge is -2.34. The lowest BCUT2D eigenvalue weighted by molar-refractivity contribution is -0.138. The van der Waals surface area contributed by atoms with E-state index in [1.807, 2.05) is 19.9 Å². The van der Waals surface area contributed by atoms with E-state index in [1.54, 1.807) is 42.8 Å². The van der Waals surface area contributed by atoms with Crippen molar-refractivity contribution >= 4 is 21.8 Å². The van der Waals surface area contributed by atoms with Crippen LogP contribution in [-0.4, -0.2) is 54.0 Å². The van der Waals surface area contributed by atoms with Crippen LogP contribution in [0.5, 0.6) is 5.75 Å². The summed E-state index contributed by atoms with van der Waals surface area (Å²) in [6, 6.07) is 11.5. The minimum Gasteiger partial charge on any atom is -0.491 e. The molecule has 13 heteroatoms. The number of benzene rings is 2. The van der Waals surface area contributed by atoms with Crippen LogP contribution in [-0.2, 0) is 19.1 Å². The summed E-state index contributed by atoms with van der Waals surface area (Å²) in [6.07, 6.45) is -5.13. The largest absolute Gasteiger partial charge is 0.491 e. The number of hydrogen-bond donors (Lipinski definition) is 1. The van der Waals surface area contributed by atoms with E-state index in [-0.39, 0.29) is 41.1 Å². The lowest BCUT2D eigenvalue weighted by atomic mass is 9.98. The van der Waals surface area contributed by atoms with Crippen LogP contribution in [0, 0.1) is 13.8 Å². The molecule has 0 aliphatic carbocycles. The zero-order valence-corrected chi connectivity index (χ0v) is 25.4. The first kappa shape index (κ1) is 30.5. The van der Waals surface area contributed by atoms with Crippen LogP contribution in [0.15, 0.2) is 57.8 Å². The Balaban J connectivity index is 1.58. The second-order valence-electron chi connectivity index (χ2n) is 10.6. The highest BCUT2D eigenvalue weighted by atomic mass is 79.9. The normalized spacial score (nSPS) is 15.7. The van der Waals surface area contributed by atoms with Crippen molar-refractivity contribution in [2.45, 2.75) is 59.0 Å². The highest BCUT2D eigenvalue weighted by Gasteiger charge is 2.36. The quantitative estimate of drug-likeness (QED) is 0.307. The second kappa shape index (κ2) is 11.6. The number of rotatable bonds is 6. The molecule has 5 rings (SSSR count). The highest BCUT2D eigenvalue weighted by Crippen LogP contribution is 2.36. The molecule has 0 radical (unpaired) electrons. The Labute approximate surface area is 253 Å². The Hall–Kier alpha value is -3.97. The third kappa shape index (κ3) is 6.09. The molecule has 0 saturated heterocycles. The molecule has 1 unspecified atom stereocenters. The van der Waals surface area contributed by atoms with Gasteiger partial charge in [0.25, 0.3) is 11.5 Å². The predicted octanol–water partition coefficient (Wildman–Crippen LogP) is 5.16. The molecule has 0 spiro atoms. The van der Waals surface area contributed by atoms with E-state index in [9.17, 15) is 27.9 Å². The molecule has 0 fully saturated rings. The van der Waals surface area contributed by atoms with E-state index >= 15 is 0 Å². The Kier molecular flexibility index (Phi) is 8.23. The number of alkyl halides is 3. The van der Waals surface area contributed by atoms with Gasteiger partial charge in [0.1, 0.15) is 12.4 Å². The number of nitrogens with zero attached hydrogens (tertiary/aromatic N) is 5. The van der Waals surface area contributed by atoms with Crippen LogP contribution in [0.2, 0.25) is 0 Å². The molecule has 1 aliphatic rings. The van der Waals surface area contributed by atoms with Crippen LogP contribution in [0.1, 0.15) is 52.4 Å². The summed E-state index contributed by atoms with van der Waals surface area (Å²) in [6.45, 7) is 7.04. The van der Waals surface area contributed by atoms with Crippen LogP contribution in [0.4, 0.5) is 13.2 Å². The summed E-state index contributed by atoms with van der Waals surface area (Å²) in [4.78, 5) is 33.9. The third-order valence-corrected chi connectivity index (χ3v) is 7.85. The van der Waals surface area contributed by atoms with Gasteiger partial charge in [-0.15, -0.1) is 0 Å². The van der Waals surface area contributed by atoms with E-state index in [1.165, 1.54) is 21.6 Å². The first-order valence-electron chi connectivity index (χ1n) is 13.5. The van der Waals surface area contributed by atoms with E-state index in [0.717, 1.165) is 11.8 Å². The number of halogens is 4. The Bertz CT molecular complexity index is 1750. The van der Waals surface area contributed by atoms with Crippen molar-refractivity contribution < 1.29 is 27.8 Å². The number of amides is 1. The fourth-order valence-corrected chi connectivity index (χ4v) is 5.55. The summed E-state index contributed by atoms with van der Waals surface area (Å²) in [5.41, 5.74) is 1.29. The third-order valence-electron chi connectivity index (χ3n) is 7.16. The molecule has 1 N–H and O–H groups in total. The molecule has 226 valence electrons.